The van der Waals surface area contributed by atoms with Crippen molar-refractivity contribution in [2.24, 2.45) is 0 Å². The lowest BCUT2D eigenvalue weighted by atomic mass is 9.91. The molecule has 0 saturated heterocycles. The van der Waals surface area contributed by atoms with E-state index >= 15 is 0 Å². The van der Waals surface area contributed by atoms with Gasteiger partial charge < -0.3 is 19.5 Å². The number of phenolic OH excluding ortho intramolecular Hbond substituents is 1. The van der Waals surface area contributed by atoms with Crippen molar-refractivity contribution >= 4 is 27.5 Å². The van der Waals surface area contributed by atoms with Crippen LogP contribution in [0.2, 0.25) is 0 Å². The minimum Gasteiger partial charge on any atom is -0.507 e. The van der Waals surface area contributed by atoms with Crippen LogP contribution in [0.15, 0.2) is 34.8 Å². The number of likely N-dealkylation sites (N-methyl/N-ethyl adjacent to an activating group) is 1. The molecule has 118 valence electrons. The van der Waals surface area contributed by atoms with Crippen LogP contribution >= 0.6 is 15.9 Å². The van der Waals surface area contributed by atoms with Gasteiger partial charge in [0.15, 0.2) is 11.5 Å². The Morgan fingerprint density at radius 1 is 1.22 bits per heavy atom. The van der Waals surface area contributed by atoms with Crippen LogP contribution in [0.3, 0.4) is 0 Å². The molecule has 4 rings (SSSR count). The van der Waals surface area contributed by atoms with Crippen LogP contribution in [0.25, 0.3) is 0 Å². The van der Waals surface area contributed by atoms with Gasteiger partial charge in [0.1, 0.15) is 19.0 Å². The van der Waals surface area contributed by atoms with Crippen LogP contribution < -0.4 is 14.4 Å². The lowest BCUT2D eigenvalue weighted by molar-refractivity contribution is -0.118. The fraction of sp³-hybridized carbons (Fsp3) is 0.235. The first-order valence-corrected chi connectivity index (χ1v) is 8.05. The van der Waals surface area contributed by atoms with Crippen molar-refractivity contribution < 1.29 is 19.4 Å². The Morgan fingerprint density at radius 3 is 2.65 bits per heavy atom. The van der Waals surface area contributed by atoms with Crippen LogP contribution in [-0.4, -0.2) is 31.3 Å². The number of nitrogens with zero attached hydrogens (tertiary/aromatic N) is 1. The Kier molecular flexibility index (Phi) is 3.23. The molecule has 1 N–H and O–H groups in total. The second kappa shape index (κ2) is 5.16. The largest absolute Gasteiger partial charge is 0.507 e. The van der Waals surface area contributed by atoms with Crippen LogP contribution in [0, 0.1) is 0 Å². The maximum absolute atomic E-state index is 12.8. The summed E-state index contributed by atoms with van der Waals surface area (Å²) in [7, 11) is 1.74. The highest BCUT2D eigenvalue weighted by atomic mass is 79.9. The average molecular weight is 376 g/mol. The van der Waals surface area contributed by atoms with Gasteiger partial charge in [0, 0.05) is 34.4 Å². The number of carbonyl (C=O) groups is 1. The number of carbonyl (C=O) groups excluding carboxylic acids is 1. The second-order valence-corrected chi connectivity index (χ2v) is 6.41. The molecule has 6 heteroatoms. The Labute approximate surface area is 141 Å². The Hall–Kier alpha value is -2.21. The molecule has 0 saturated carbocycles. The molecule has 0 spiro atoms. The molecule has 2 aromatic rings. The van der Waals surface area contributed by atoms with Crippen molar-refractivity contribution in [1.82, 2.24) is 0 Å². The highest BCUT2D eigenvalue weighted by molar-refractivity contribution is 9.10. The third-order valence-electron chi connectivity index (χ3n) is 4.26. The summed E-state index contributed by atoms with van der Waals surface area (Å²) in [6.45, 7) is 0.904. The fourth-order valence-electron chi connectivity index (χ4n) is 3.15. The van der Waals surface area contributed by atoms with E-state index in [4.69, 9.17) is 9.47 Å². The molecule has 1 amide bonds. The molecule has 2 aromatic carbocycles. The number of ether oxygens (including phenoxy) is 2. The van der Waals surface area contributed by atoms with E-state index in [1.54, 1.807) is 18.0 Å². The van der Waals surface area contributed by atoms with E-state index in [1.807, 2.05) is 18.2 Å². The molecule has 2 heterocycles. The van der Waals surface area contributed by atoms with Gasteiger partial charge in [-0.05, 0) is 18.2 Å². The number of benzene rings is 2. The molecule has 5 nitrogen and oxygen atoms in total. The van der Waals surface area contributed by atoms with Crippen molar-refractivity contribution in [1.29, 1.82) is 0 Å². The van der Waals surface area contributed by atoms with Crippen molar-refractivity contribution in [2.75, 3.05) is 25.2 Å². The highest BCUT2D eigenvalue weighted by Crippen LogP contribution is 2.48. The molecule has 0 aromatic heterocycles. The van der Waals surface area contributed by atoms with Crippen molar-refractivity contribution in [3.05, 3.63) is 45.9 Å². The van der Waals surface area contributed by atoms with E-state index in [0.29, 0.717) is 30.3 Å². The van der Waals surface area contributed by atoms with Gasteiger partial charge in [-0.2, -0.15) is 0 Å². The molecular formula is C17H14BrNO4. The zero-order valence-corrected chi connectivity index (χ0v) is 14.0. The van der Waals surface area contributed by atoms with Crippen molar-refractivity contribution in [2.45, 2.75) is 5.92 Å². The number of anilines is 1. The van der Waals surface area contributed by atoms with Crippen LogP contribution in [-0.2, 0) is 4.79 Å². The number of hydrogen-bond donors (Lipinski definition) is 1. The van der Waals surface area contributed by atoms with Gasteiger partial charge in [-0.15, -0.1) is 0 Å². The maximum Gasteiger partial charge on any atom is 0.239 e. The lowest BCUT2D eigenvalue weighted by Gasteiger charge is -2.21. The third-order valence-corrected chi connectivity index (χ3v) is 4.95. The fourth-order valence-corrected chi connectivity index (χ4v) is 3.74. The van der Waals surface area contributed by atoms with E-state index in [-0.39, 0.29) is 11.7 Å². The van der Waals surface area contributed by atoms with Gasteiger partial charge >= 0.3 is 0 Å². The van der Waals surface area contributed by atoms with Crippen LogP contribution in [0.4, 0.5) is 5.69 Å². The van der Waals surface area contributed by atoms with Crippen molar-refractivity contribution in [3.63, 3.8) is 0 Å². The van der Waals surface area contributed by atoms with Crippen molar-refractivity contribution in [3.8, 4) is 17.2 Å². The molecule has 1 atom stereocenters. The number of halogens is 1. The maximum atomic E-state index is 12.8. The molecule has 2 aliphatic heterocycles. The second-order valence-electron chi connectivity index (χ2n) is 5.56. The molecule has 0 aliphatic carbocycles. The Morgan fingerprint density at radius 2 is 1.91 bits per heavy atom. The summed E-state index contributed by atoms with van der Waals surface area (Å²) in [5.74, 6) is 0.438. The summed E-state index contributed by atoms with van der Waals surface area (Å²) in [4.78, 5) is 14.4. The molecule has 2 aliphatic rings. The third kappa shape index (κ3) is 2.09. The first-order valence-electron chi connectivity index (χ1n) is 7.26. The number of fused-ring (bicyclic) bond motifs is 2. The number of hydrogen-bond acceptors (Lipinski definition) is 4. The van der Waals surface area contributed by atoms with E-state index < -0.39 is 5.92 Å². The summed E-state index contributed by atoms with van der Waals surface area (Å²) in [5, 5.41) is 10.4. The van der Waals surface area contributed by atoms with Gasteiger partial charge in [-0.25, -0.2) is 0 Å². The van der Waals surface area contributed by atoms with Crippen LogP contribution in [0.1, 0.15) is 17.0 Å². The summed E-state index contributed by atoms with van der Waals surface area (Å²) in [5.41, 5.74) is 2.22. The molecule has 0 radical (unpaired) electrons. The highest BCUT2D eigenvalue weighted by Gasteiger charge is 2.39. The zero-order chi connectivity index (χ0) is 16.1. The number of aromatic hydroxyl groups is 1. The lowest BCUT2D eigenvalue weighted by Crippen LogP contribution is -2.24. The van der Waals surface area contributed by atoms with E-state index in [2.05, 4.69) is 15.9 Å². The smallest absolute Gasteiger partial charge is 0.239 e. The molecule has 0 bridgehead atoms. The quantitative estimate of drug-likeness (QED) is 0.831. The monoisotopic (exact) mass is 375 g/mol. The van der Waals surface area contributed by atoms with E-state index in [1.165, 1.54) is 6.07 Å². The Bertz CT molecular complexity index is 820. The first-order chi connectivity index (χ1) is 11.1. The molecule has 1 unspecified atom stereocenters. The summed E-state index contributed by atoms with van der Waals surface area (Å²) in [6.07, 6.45) is 0. The average Bonchev–Trinajstić information content (AvgIpc) is 2.80. The predicted octanol–water partition coefficient (Wildman–Crippen LogP) is 3.03. The van der Waals surface area contributed by atoms with Gasteiger partial charge in [-0.1, -0.05) is 22.0 Å². The number of rotatable bonds is 1. The van der Waals surface area contributed by atoms with Gasteiger partial charge in [0.2, 0.25) is 5.91 Å². The summed E-state index contributed by atoms with van der Waals surface area (Å²) in [6, 6.07) is 8.90. The SMILES string of the molecule is CN1C(=O)C(c2cc3c(cc2O)OCCO3)c2c(Br)cccc21. The van der Waals surface area contributed by atoms with Gasteiger partial charge in [0.05, 0.1) is 5.92 Å². The standard InChI is InChI=1S/C17H14BrNO4/c1-19-11-4-2-3-10(18)16(11)15(17(19)21)9-7-13-14(8-12(9)20)23-6-5-22-13/h2-4,7-8,15,20H,5-6H2,1H3. The number of phenols is 1. The minimum absolute atomic E-state index is 0.0320. The number of amides is 1. The summed E-state index contributed by atoms with van der Waals surface area (Å²) >= 11 is 3.52. The molecule has 23 heavy (non-hydrogen) atoms. The predicted molar refractivity (Wildman–Crippen MR) is 88.5 cm³/mol. The normalized spacial score (nSPS) is 19.0. The van der Waals surface area contributed by atoms with Gasteiger partial charge in [0.25, 0.3) is 0 Å². The summed E-state index contributed by atoms with van der Waals surface area (Å²) < 4.78 is 11.9. The minimum atomic E-state index is -0.568. The zero-order valence-electron chi connectivity index (χ0n) is 12.4. The van der Waals surface area contributed by atoms with Gasteiger partial charge in [-0.3, -0.25) is 4.79 Å². The molecular weight excluding hydrogens is 362 g/mol. The van der Waals surface area contributed by atoms with E-state index in [9.17, 15) is 9.90 Å². The first kappa shape index (κ1) is 14.4. The van der Waals surface area contributed by atoms with Crippen LogP contribution in [0.5, 0.6) is 17.2 Å². The van der Waals surface area contributed by atoms with E-state index in [0.717, 1.165) is 15.7 Å². The molecule has 0 fully saturated rings. The topological polar surface area (TPSA) is 59.0 Å². The Balaban J connectivity index is 1.90.